The fourth-order valence-corrected chi connectivity index (χ4v) is 7.71. The Labute approximate surface area is 281 Å². The summed E-state index contributed by atoms with van der Waals surface area (Å²) in [6.07, 6.45) is 0. The van der Waals surface area contributed by atoms with Gasteiger partial charge in [-0.05, 0) is 68.1 Å². The predicted octanol–water partition coefficient (Wildman–Crippen LogP) is 11.9. The lowest BCUT2D eigenvalue weighted by atomic mass is 9.99. The van der Waals surface area contributed by atoms with E-state index in [1.165, 1.54) is 38.4 Å². The Kier molecular flexibility index (Phi) is 5.35. The Morgan fingerprint density at radius 3 is 1.53 bits per heavy atom. The first-order valence-corrected chi connectivity index (χ1v) is 16.5. The number of hydrogen-bond donors (Lipinski definition) is 0. The van der Waals surface area contributed by atoms with Gasteiger partial charge in [0.1, 0.15) is 11.2 Å². The quantitative estimate of drug-likeness (QED) is 0.196. The second kappa shape index (κ2) is 9.93. The number of para-hydroxylation sites is 1. The van der Waals surface area contributed by atoms with Crippen LogP contribution in [0.4, 0.5) is 0 Å². The lowest BCUT2D eigenvalue weighted by Gasteiger charge is -2.10. The second-order valence-electron chi connectivity index (χ2n) is 12.8. The van der Waals surface area contributed by atoms with E-state index in [1.54, 1.807) is 0 Å². The van der Waals surface area contributed by atoms with Gasteiger partial charge >= 0.3 is 0 Å². The van der Waals surface area contributed by atoms with Crippen molar-refractivity contribution >= 4 is 54.3 Å². The van der Waals surface area contributed by atoms with Crippen LogP contribution in [0.3, 0.4) is 0 Å². The zero-order chi connectivity index (χ0) is 32.1. The van der Waals surface area contributed by atoms with Crippen molar-refractivity contribution in [2.24, 2.45) is 0 Å². The highest BCUT2D eigenvalue weighted by Gasteiger charge is 2.25. The Morgan fingerprint density at radius 2 is 0.857 bits per heavy atom. The van der Waals surface area contributed by atoms with Gasteiger partial charge in [0.15, 0.2) is 17.5 Å². The molecule has 226 valence electrons. The number of benzene rings is 8. The van der Waals surface area contributed by atoms with Crippen LogP contribution in [0.2, 0.25) is 0 Å². The third-order valence-corrected chi connectivity index (χ3v) is 10.0. The lowest BCUT2D eigenvalue weighted by Crippen LogP contribution is -2.00. The molecule has 11 rings (SSSR count). The molecule has 0 aliphatic heterocycles. The van der Waals surface area contributed by atoms with E-state index < -0.39 is 0 Å². The number of hydrogen-bond acceptors (Lipinski definition) is 4. The van der Waals surface area contributed by atoms with E-state index in [1.807, 2.05) is 0 Å². The molecule has 2 aromatic heterocycles. The number of fused-ring (bicyclic) bond motifs is 9. The largest absolute Gasteiger partial charge is 0.455 e. The summed E-state index contributed by atoms with van der Waals surface area (Å²) in [5.74, 6) is 1.82. The summed E-state index contributed by atoms with van der Waals surface area (Å²) < 4.78 is 6.89. The minimum atomic E-state index is 0.577. The number of nitrogens with zero attached hydrogens (tertiary/aromatic N) is 3. The van der Waals surface area contributed by atoms with Crippen LogP contribution in [0.25, 0.3) is 111 Å². The first-order valence-electron chi connectivity index (χ1n) is 16.5. The van der Waals surface area contributed by atoms with E-state index in [0.717, 1.165) is 54.8 Å². The van der Waals surface area contributed by atoms with E-state index in [2.05, 4.69) is 152 Å². The van der Waals surface area contributed by atoms with E-state index in [4.69, 9.17) is 19.4 Å². The van der Waals surface area contributed by atoms with Crippen molar-refractivity contribution < 1.29 is 4.42 Å². The van der Waals surface area contributed by atoms with Crippen LogP contribution in [0.1, 0.15) is 0 Å². The van der Waals surface area contributed by atoms with Gasteiger partial charge in [0.25, 0.3) is 0 Å². The lowest BCUT2D eigenvalue weighted by molar-refractivity contribution is 0.673. The van der Waals surface area contributed by atoms with E-state index in [9.17, 15) is 0 Å². The standard InChI is InChI=1S/C45H25N3O/c1-3-11-28-23-30(21-19-26(28)9-1)43-46-44(31-22-20-27-10-2-4-12-29(27)24-31)48-45(47-43)37-18-8-16-35-39-25-38-33-14-6-5-13-32(33)34-15-7-17-36(40(34)38)42(39)49-41(35)37/h1-25H. The first-order chi connectivity index (χ1) is 24.3. The summed E-state index contributed by atoms with van der Waals surface area (Å²) in [5, 5.41) is 9.12. The number of rotatable bonds is 3. The minimum absolute atomic E-state index is 0.577. The Balaban J connectivity index is 1.17. The molecule has 2 heterocycles. The average molecular weight is 624 g/mol. The van der Waals surface area contributed by atoms with Crippen LogP contribution in [-0.2, 0) is 0 Å². The fourth-order valence-electron chi connectivity index (χ4n) is 7.71. The Bertz CT molecular complexity index is 2910. The molecule has 0 radical (unpaired) electrons. The maximum Gasteiger partial charge on any atom is 0.167 e. The summed E-state index contributed by atoms with van der Waals surface area (Å²) in [6, 6.07) is 53.2. The molecular weight excluding hydrogens is 599 g/mol. The Morgan fingerprint density at radius 1 is 0.327 bits per heavy atom. The number of aromatic nitrogens is 3. The molecule has 0 saturated heterocycles. The van der Waals surface area contributed by atoms with Crippen LogP contribution >= 0.6 is 0 Å². The van der Waals surface area contributed by atoms with Crippen molar-refractivity contribution in [1.29, 1.82) is 0 Å². The zero-order valence-corrected chi connectivity index (χ0v) is 26.2. The summed E-state index contributed by atoms with van der Waals surface area (Å²) in [6.45, 7) is 0. The summed E-state index contributed by atoms with van der Waals surface area (Å²) in [5.41, 5.74) is 9.40. The topological polar surface area (TPSA) is 51.8 Å². The molecule has 0 fully saturated rings. The van der Waals surface area contributed by atoms with Crippen molar-refractivity contribution in [1.82, 2.24) is 15.0 Å². The van der Waals surface area contributed by atoms with Crippen molar-refractivity contribution in [3.05, 3.63) is 152 Å². The number of furan rings is 1. The first kappa shape index (κ1) is 26.4. The monoisotopic (exact) mass is 623 g/mol. The molecule has 4 nitrogen and oxygen atoms in total. The van der Waals surface area contributed by atoms with Crippen LogP contribution in [0.5, 0.6) is 0 Å². The molecule has 0 amide bonds. The molecule has 0 unspecified atom stereocenters. The SMILES string of the molecule is c1ccc2c(c1)-c1cccc3c1c-2cc1c2cccc(-c4nc(-c5ccc6ccccc6c5)nc(-c5ccc6ccccc6c5)n4)c2oc31. The summed E-state index contributed by atoms with van der Waals surface area (Å²) >= 11 is 0. The highest BCUT2D eigenvalue weighted by Crippen LogP contribution is 2.51. The normalized spacial score (nSPS) is 12.1. The van der Waals surface area contributed by atoms with Gasteiger partial charge in [-0.3, -0.25) is 0 Å². The molecule has 0 atom stereocenters. The minimum Gasteiger partial charge on any atom is -0.455 e. The van der Waals surface area contributed by atoms with E-state index >= 15 is 0 Å². The highest BCUT2D eigenvalue weighted by atomic mass is 16.3. The molecule has 0 spiro atoms. The van der Waals surface area contributed by atoms with Gasteiger partial charge in [-0.25, -0.2) is 15.0 Å². The van der Waals surface area contributed by atoms with Gasteiger partial charge in [0.2, 0.25) is 0 Å². The van der Waals surface area contributed by atoms with E-state index in [-0.39, 0.29) is 0 Å². The molecule has 49 heavy (non-hydrogen) atoms. The highest BCUT2D eigenvalue weighted by molar-refractivity contribution is 6.26. The van der Waals surface area contributed by atoms with Gasteiger partial charge in [0.05, 0.1) is 5.56 Å². The average Bonchev–Trinajstić information content (AvgIpc) is 3.71. The van der Waals surface area contributed by atoms with E-state index in [0.29, 0.717) is 17.5 Å². The maximum atomic E-state index is 6.89. The maximum absolute atomic E-state index is 6.89. The fraction of sp³-hybridized carbons (Fsp3) is 0. The van der Waals surface area contributed by atoms with Crippen molar-refractivity contribution in [3.63, 3.8) is 0 Å². The molecule has 0 N–H and O–H groups in total. The molecular formula is C45H25N3O. The molecule has 10 aromatic rings. The van der Waals surface area contributed by atoms with Crippen LogP contribution in [0.15, 0.2) is 156 Å². The van der Waals surface area contributed by atoms with Crippen molar-refractivity contribution in [2.75, 3.05) is 0 Å². The Hall–Kier alpha value is -6.65. The van der Waals surface area contributed by atoms with Gasteiger partial charge < -0.3 is 4.42 Å². The van der Waals surface area contributed by atoms with Gasteiger partial charge in [-0.15, -0.1) is 0 Å². The zero-order valence-electron chi connectivity index (χ0n) is 26.2. The molecule has 0 bridgehead atoms. The third-order valence-electron chi connectivity index (χ3n) is 10.0. The van der Waals surface area contributed by atoms with Crippen LogP contribution < -0.4 is 0 Å². The smallest absolute Gasteiger partial charge is 0.167 e. The molecule has 1 aliphatic carbocycles. The van der Waals surface area contributed by atoms with Gasteiger partial charge in [0, 0.05) is 32.7 Å². The molecule has 1 aliphatic rings. The molecule has 8 aromatic carbocycles. The summed E-state index contributed by atoms with van der Waals surface area (Å²) in [4.78, 5) is 15.4. The van der Waals surface area contributed by atoms with Crippen LogP contribution in [-0.4, -0.2) is 15.0 Å². The van der Waals surface area contributed by atoms with Crippen LogP contribution in [0, 0.1) is 0 Å². The summed E-state index contributed by atoms with van der Waals surface area (Å²) in [7, 11) is 0. The molecule has 0 saturated carbocycles. The predicted molar refractivity (Wildman–Crippen MR) is 200 cm³/mol. The van der Waals surface area contributed by atoms with Gasteiger partial charge in [-0.1, -0.05) is 127 Å². The van der Waals surface area contributed by atoms with Crippen molar-refractivity contribution in [3.8, 4) is 56.4 Å². The molecule has 4 heteroatoms. The van der Waals surface area contributed by atoms with Gasteiger partial charge in [-0.2, -0.15) is 0 Å². The second-order valence-corrected chi connectivity index (χ2v) is 12.8. The van der Waals surface area contributed by atoms with Crippen molar-refractivity contribution in [2.45, 2.75) is 0 Å². The third kappa shape index (κ3) is 3.89.